The fourth-order valence-electron chi connectivity index (χ4n) is 2.98. The Bertz CT molecular complexity index is 782. The first-order valence-corrected chi connectivity index (χ1v) is 8.19. The number of ether oxygens (including phenoxy) is 1. The molecule has 3 aromatic rings. The van der Waals surface area contributed by atoms with E-state index in [1.807, 2.05) is 30.3 Å². The van der Waals surface area contributed by atoms with Crippen molar-refractivity contribution in [2.75, 3.05) is 44.2 Å². The molecule has 2 aromatic heterocycles. The number of hydrogen-bond acceptors (Lipinski definition) is 6. The predicted octanol–water partition coefficient (Wildman–Crippen LogP) is 1.55. The van der Waals surface area contributed by atoms with Gasteiger partial charge in [0.15, 0.2) is 11.5 Å². The summed E-state index contributed by atoms with van der Waals surface area (Å²) in [6.07, 6.45) is 3.25. The average molecular weight is 324 g/mol. The van der Waals surface area contributed by atoms with E-state index in [0.717, 1.165) is 55.5 Å². The number of benzene rings is 1. The summed E-state index contributed by atoms with van der Waals surface area (Å²) in [5, 5.41) is 0. The number of fused-ring (bicyclic) bond motifs is 1. The molecule has 0 saturated carbocycles. The van der Waals surface area contributed by atoms with E-state index in [1.165, 1.54) is 0 Å². The quantitative estimate of drug-likeness (QED) is 0.768. The Labute approximate surface area is 140 Å². The third-order valence-corrected chi connectivity index (χ3v) is 4.29. The number of imidazole rings is 1. The Morgan fingerprint density at radius 1 is 1.00 bits per heavy atom. The zero-order valence-corrected chi connectivity index (χ0v) is 13.4. The minimum Gasteiger partial charge on any atom is -0.492 e. The van der Waals surface area contributed by atoms with Gasteiger partial charge in [-0.2, -0.15) is 0 Å². The van der Waals surface area contributed by atoms with Crippen LogP contribution in [0, 0.1) is 0 Å². The number of aromatic amines is 1. The van der Waals surface area contributed by atoms with Crippen molar-refractivity contribution >= 4 is 17.0 Å². The van der Waals surface area contributed by atoms with Crippen LogP contribution >= 0.6 is 0 Å². The molecule has 0 radical (unpaired) electrons. The molecule has 1 N–H and O–H groups in total. The molecule has 1 aromatic carbocycles. The van der Waals surface area contributed by atoms with Crippen LogP contribution in [0.3, 0.4) is 0 Å². The molecule has 0 aliphatic carbocycles. The van der Waals surface area contributed by atoms with Crippen molar-refractivity contribution in [2.24, 2.45) is 0 Å². The maximum Gasteiger partial charge on any atom is 0.182 e. The van der Waals surface area contributed by atoms with E-state index >= 15 is 0 Å². The summed E-state index contributed by atoms with van der Waals surface area (Å²) in [4.78, 5) is 20.6. The molecule has 24 heavy (non-hydrogen) atoms. The van der Waals surface area contributed by atoms with Gasteiger partial charge >= 0.3 is 0 Å². The SMILES string of the molecule is c1ccc(OCCN2CCN(c3ncnc4nc[nH]c34)CC2)cc1. The van der Waals surface area contributed by atoms with E-state index < -0.39 is 0 Å². The van der Waals surface area contributed by atoms with Gasteiger partial charge in [0.2, 0.25) is 0 Å². The summed E-state index contributed by atoms with van der Waals surface area (Å²) in [5.41, 5.74) is 1.64. The predicted molar refractivity (Wildman–Crippen MR) is 92.3 cm³/mol. The smallest absolute Gasteiger partial charge is 0.182 e. The number of anilines is 1. The molecule has 0 atom stereocenters. The molecular formula is C17H20N6O. The number of rotatable bonds is 5. The Hall–Kier alpha value is -2.67. The number of piperazine rings is 1. The number of para-hydroxylation sites is 1. The van der Waals surface area contributed by atoms with Crippen molar-refractivity contribution in [3.05, 3.63) is 43.0 Å². The van der Waals surface area contributed by atoms with Gasteiger partial charge in [-0.05, 0) is 12.1 Å². The highest BCUT2D eigenvalue weighted by atomic mass is 16.5. The van der Waals surface area contributed by atoms with Gasteiger partial charge in [0.1, 0.15) is 24.2 Å². The lowest BCUT2D eigenvalue weighted by molar-refractivity contribution is 0.200. The lowest BCUT2D eigenvalue weighted by Gasteiger charge is -2.35. The first-order chi connectivity index (χ1) is 11.9. The fourth-order valence-corrected chi connectivity index (χ4v) is 2.98. The second kappa shape index (κ2) is 6.84. The molecule has 7 nitrogen and oxygen atoms in total. The standard InChI is InChI=1S/C17H20N6O/c1-2-4-14(5-3-1)24-11-10-22-6-8-23(9-7-22)17-15-16(19-12-18-15)20-13-21-17/h1-5,12-13H,6-11H2,(H,18,19,20,21). The molecule has 7 heteroatoms. The van der Waals surface area contributed by atoms with Crippen molar-refractivity contribution in [3.63, 3.8) is 0 Å². The second-order valence-electron chi connectivity index (χ2n) is 5.79. The van der Waals surface area contributed by atoms with Crippen LogP contribution in [0.2, 0.25) is 0 Å². The maximum absolute atomic E-state index is 5.78. The lowest BCUT2D eigenvalue weighted by Crippen LogP contribution is -2.47. The summed E-state index contributed by atoms with van der Waals surface area (Å²) >= 11 is 0. The third kappa shape index (κ3) is 3.16. The number of nitrogens with one attached hydrogen (secondary N) is 1. The van der Waals surface area contributed by atoms with Crippen LogP contribution in [-0.2, 0) is 0 Å². The van der Waals surface area contributed by atoms with Crippen molar-refractivity contribution in [1.82, 2.24) is 24.8 Å². The highest BCUT2D eigenvalue weighted by molar-refractivity contribution is 5.82. The van der Waals surface area contributed by atoms with Gasteiger partial charge in [0.25, 0.3) is 0 Å². The molecule has 0 amide bonds. The summed E-state index contributed by atoms with van der Waals surface area (Å²) < 4.78 is 5.78. The number of nitrogens with zero attached hydrogens (tertiary/aromatic N) is 5. The van der Waals surface area contributed by atoms with Crippen molar-refractivity contribution in [3.8, 4) is 5.75 Å². The van der Waals surface area contributed by atoms with Crippen LogP contribution in [0.15, 0.2) is 43.0 Å². The van der Waals surface area contributed by atoms with Crippen molar-refractivity contribution < 1.29 is 4.74 Å². The second-order valence-corrected chi connectivity index (χ2v) is 5.79. The van der Waals surface area contributed by atoms with Crippen molar-refractivity contribution in [2.45, 2.75) is 0 Å². The zero-order valence-electron chi connectivity index (χ0n) is 13.4. The van der Waals surface area contributed by atoms with Crippen LogP contribution in [0.1, 0.15) is 0 Å². The van der Waals surface area contributed by atoms with Gasteiger partial charge in [-0.25, -0.2) is 15.0 Å². The zero-order chi connectivity index (χ0) is 16.2. The minimum atomic E-state index is 0.711. The van der Waals surface area contributed by atoms with E-state index in [4.69, 9.17) is 4.74 Å². The van der Waals surface area contributed by atoms with E-state index in [0.29, 0.717) is 6.61 Å². The van der Waals surface area contributed by atoms with Gasteiger partial charge in [0, 0.05) is 32.7 Å². The van der Waals surface area contributed by atoms with Crippen LogP contribution in [0.25, 0.3) is 11.2 Å². The van der Waals surface area contributed by atoms with Crippen molar-refractivity contribution in [1.29, 1.82) is 0 Å². The highest BCUT2D eigenvalue weighted by Crippen LogP contribution is 2.20. The highest BCUT2D eigenvalue weighted by Gasteiger charge is 2.20. The monoisotopic (exact) mass is 324 g/mol. The lowest BCUT2D eigenvalue weighted by atomic mass is 10.3. The molecular weight excluding hydrogens is 304 g/mol. The fraction of sp³-hybridized carbons (Fsp3) is 0.353. The minimum absolute atomic E-state index is 0.711. The normalized spacial score (nSPS) is 15.8. The molecule has 0 bridgehead atoms. The van der Waals surface area contributed by atoms with E-state index in [2.05, 4.69) is 29.7 Å². The van der Waals surface area contributed by atoms with E-state index in [1.54, 1.807) is 12.7 Å². The van der Waals surface area contributed by atoms with Gasteiger partial charge < -0.3 is 14.6 Å². The molecule has 1 aliphatic heterocycles. The largest absolute Gasteiger partial charge is 0.492 e. The molecule has 3 heterocycles. The molecule has 4 rings (SSSR count). The van der Waals surface area contributed by atoms with Gasteiger partial charge in [-0.3, -0.25) is 4.90 Å². The summed E-state index contributed by atoms with van der Waals surface area (Å²) in [5.74, 6) is 1.87. The molecule has 1 aliphatic rings. The van der Waals surface area contributed by atoms with Crippen LogP contribution in [-0.4, -0.2) is 64.2 Å². The number of aromatic nitrogens is 4. The molecule has 0 unspecified atom stereocenters. The first kappa shape index (κ1) is 14.9. The Kier molecular flexibility index (Phi) is 4.24. The summed E-state index contributed by atoms with van der Waals surface area (Å²) in [6.45, 7) is 5.52. The first-order valence-electron chi connectivity index (χ1n) is 8.19. The van der Waals surface area contributed by atoms with Crippen LogP contribution in [0.5, 0.6) is 5.75 Å². The average Bonchev–Trinajstić information content (AvgIpc) is 3.12. The van der Waals surface area contributed by atoms with Crippen LogP contribution in [0.4, 0.5) is 5.82 Å². The van der Waals surface area contributed by atoms with Crippen LogP contribution < -0.4 is 9.64 Å². The summed E-state index contributed by atoms with van der Waals surface area (Å²) in [6, 6.07) is 9.96. The topological polar surface area (TPSA) is 70.2 Å². The maximum atomic E-state index is 5.78. The Balaban J connectivity index is 1.30. The summed E-state index contributed by atoms with van der Waals surface area (Å²) in [7, 11) is 0. The molecule has 1 saturated heterocycles. The van der Waals surface area contributed by atoms with E-state index in [9.17, 15) is 0 Å². The molecule has 124 valence electrons. The molecule has 1 fully saturated rings. The van der Waals surface area contributed by atoms with Gasteiger partial charge in [-0.1, -0.05) is 18.2 Å². The third-order valence-electron chi connectivity index (χ3n) is 4.29. The molecule has 0 spiro atoms. The van der Waals surface area contributed by atoms with Gasteiger partial charge in [0.05, 0.1) is 6.33 Å². The Morgan fingerprint density at radius 2 is 1.83 bits per heavy atom. The number of H-pyrrole nitrogens is 1. The van der Waals surface area contributed by atoms with Gasteiger partial charge in [-0.15, -0.1) is 0 Å². The van der Waals surface area contributed by atoms with E-state index in [-0.39, 0.29) is 0 Å². The Morgan fingerprint density at radius 3 is 2.67 bits per heavy atom. The number of hydrogen-bond donors (Lipinski definition) is 1.